The maximum absolute atomic E-state index is 12.0. The van der Waals surface area contributed by atoms with Gasteiger partial charge in [-0.1, -0.05) is 23.7 Å². The Labute approximate surface area is 129 Å². The lowest BCUT2D eigenvalue weighted by atomic mass is 10.0. The van der Waals surface area contributed by atoms with E-state index in [0.717, 1.165) is 10.5 Å². The number of benzene rings is 1. The van der Waals surface area contributed by atoms with Gasteiger partial charge in [0.05, 0.1) is 0 Å². The molecule has 1 aromatic carbocycles. The van der Waals surface area contributed by atoms with Crippen molar-refractivity contribution < 1.29 is 19.4 Å². The first-order valence-corrected chi connectivity index (χ1v) is 6.85. The van der Waals surface area contributed by atoms with Crippen LogP contribution >= 0.6 is 11.6 Å². The van der Waals surface area contributed by atoms with Gasteiger partial charge in [0.25, 0.3) is 0 Å². The van der Waals surface area contributed by atoms with Crippen molar-refractivity contribution >= 4 is 23.7 Å². The molecule has 0 radical (unpaired) electrons. The van der Waals surface area contributed by atoms with Gasteiger partial charge < -0.3 is 9.84 Å². The first-order chi connectivity index (χ1) is 9.53. The Balaban J connectivity index is 3.09. The second kappa shape index (κ2) is 6.35. The third-order valence-electron chi connectivity index (χ3n) is 2.81. The molecule has 0 aliphatic heterocycles. The Bertz CT molecular complexity index is 551. The predicted octanol–water partition coefficient (Wildman–Crippen LogP) is 3.64. The van der Waals surface area contributed by atoms with Crippen LogP contribution in [0.2, 0.25) is 5.02 Å². The van der Waals surface area contributed by atoms with Gasteiger partial charge >= 0.3 is 12.1 Å². The fourth-order valence-corrected chi connectivity index (χ4v) is 1.94. The standard InChI is InChI=1S/C15H20ClNO4/c1-9-6-7-10(8-11(9)16)12(13(18)19)17(5)14(20)21-15(2,3)4/h6-8,12H,1-5H3,(H,18,19). The quantitative estimate of drug-likeness (QED) is 0.925. The lowest BCUT2D eigenvalue weighted by Gasteiger charge is -2.28. The topological polar surface area (TPSA) is 66.8 Å². The van der Waals surface area contributed by atoms with E-state index >= 15 is 0 Å². The van der Waals surface area contributed by atoms with Gasteiger partial charge in [-0.15, -0.1) is 0 Å². The Kier molecular flexibility index (Phi) is 5.23. The van der Waals surface area contributed by atoms with Crippen molar-refractivity contribution in [2.75, 3.05) is 7.05 Å². The van der Waals surface area contributed by atoms with Crippen molar-refractivity contribution in [1.29, 1.82) is 0 Å². The van der Waals surface area contributed by atoms with Crippen LogP contribution in [0.15, 0.2) is 18.2 Å². The molecular formula is C15H20ClNO4. The molecule has 0 bridgehead atoms. The third-order valence-corrected chi connectivity index (χ3v) is 3.22. The van der Waals surface area contributed by atoms with E-state index in [1.165, 1.54) is 7.05 Å². The molecular weight excluding hydrogens is 294 g/mol. The summed E-state index contributed by atoms with van der Waals surface area (Å²) in [7, 11) is 1.39. The summed E-state index contributed by atoms with van der Waals surface area (Å²) in [6.45, 7) is 6.98. The van der Waals surface area contributed by atoms with E-state index in [-0.39, 0.29) is 0 Å². The monoisotopic (exact) mass is 313 g/mol. The SMILES string of the molecule is Cc1ccc(C(C(=O)O)N(C)C(=O)OC(C)(C)C)cc1Cl. The van der Waals surface area contributed by atoms with E-state index in [1.807, 2.05) is 6.92 Å². The predicted molar refractivity (Wildman–Crippen MR) is 80.6 cm³/mol. The van der Waals surface area contributed by atoms with Crippen LogP contribution in [-0.4, -0.2) is 34.7 Å². The zero-order valence-electron chi connectivity index (χ0n) is 12.8. The van der Waals surface area contributed by atoms with Crippen LogP contribution in [0.4, 0.5) is 4.79 Å². The van der Waals surface area contributed by atoms with E-state index in [9.17, 15) is 14.7 Å². The molecule has 1 amide bonds. The normalized spacial score (nSPS) is 12.7. The number of aliphatic carboxylic acids is 1. The lowest BCUT2D eigenvalue weighted by molar-refractivity contribution is -0.142. The first kappa shape index (κ1) is 17.3. The molecule has 0 saturated heterocycles. The van der Waals surface area contributed by atoms with E-state index < -0.39 is 23.7 Å². The van der Waals surface area contributed by atoms with Crippen LogP contribution < -0.4 is 0 Å². The highest BCUT2D eigenvalue weighted by Gasteiger charge is 2.31. The molecule has 1 unspecified atom stereocenters. The van der Waals surface area contributed by atoms with Gasteiger partial charge in [0.15, 0.2) is 6.04 Å². The molecule has 1 aromatic rings. The van der Waals surface area contributed by atoms with Gasteiger partial charge in [-0.25, -0.2) is 9.59 Å². The van der Waals surface area contributed by atoms with Crippen molar-refractivity contribution in [2.24, 2.45) is 0 Å². The molecule has 21 heavy (non-hydrogen) atoms. The first-order valence-electron chi connectivity index (χ1n) is 6.47. The molecule has 0 aromatic heterocycles. The summed E-state index contributed by atoms with van der Waals surface area (Å²) in [6.07, 6.45) is -0.702. The van der Waals surface area contributed by atoms with Gasteiger partial charge in [0, 0.05) is 12.1 Å². The molecule has 0 spiro atoms. The smallest absolute Gasteiger partial charge is 0.411 e. The fourth-order valence-electron chi connectivity index (χ4n) is 1.75. The third kappa shape index (κ3) is 4.63. The number of ether oxygens (including phenoxy) is 1. The minimum Gasteiger partial charge on any atom is -0.479 e. The number of hydrogen-bond acceptors (Lipinski definition) is 3. The van der Waals surface area contributed by atoms with Crippen LogP contribution in [0, 0.1) is 6.92 Å². The van der Waals surface area contributed by atoms with Crippen molar-refractivity contribution in [3.8, 4) is 0 Å². The number of amides is 1. The molecule has 0 aliphatic rings. The van der Waals surface area contributed by atoms with Crippen molar-refractivity contribution in [2.45, 2.75) is 39.3 Å². The largest absolute Gasteiger partial charge is 0.479 e. The van der Waals surface area contributed by atoms with E-state index in [1.54, 1.807) is 39.0 Å². The number of aryl methyl sites for hydroxylation is 1. The number of halogens is 1. The van der Waals surface area contributed by atoms with Crippen LogP contribution in [-0.2, 0) is 9.53 Å². The molecule has 1 N–H and O–H groups in total. The molecule has 116 valence electrons. The van der Waals surface area contributed by atoms with Crippen LogP contribution in [0.1, 0.15) is 37.9 Å². The van der Waals surface area contributed by atoms with Crippen LogP contribution in [0.3, 0.4) is 0 Å². The Morgan fingerprint density at radius 3 is 2.33 bits per heavy atom. The average Bonchev–Trinajstić information content (AvgIpc) is 2.31. The number of hydrogen-bond donors (Lipinski definition) is 1. The number of carbonyl (C=O) groups is 2. The lowest BCUT2D eigenvalue weighted by Crippen LogP contribution is -2.39. The number of nitrogens with zero attached hydrogens (tertiary/aromatic N) is 1. The van der Waals surface area contributed by atoms with Crippen LogP contribution in [0.25, 0.3) is 0 Å². The van der Waals surface area contributed by atoms with Gasteiger partial charge in [-0.05, 0) is 44.9 Å². The van der Waals surface area contributed by atoms with Crippen molar-refractivity contribution in [1.82, 2.24) is 4.90 Å². The highest BCUT2D eigenvalue weighted by molar-refractivity contribution is 6.31. The molecule has 0 heterocycles. The molecule has 6 heteroatoms. The highest BCUT2D eigenvalue weighted by Crippen LogP contribution is 2.26. The number of carboxylic acid groups (broad SMARTS) is 1. The zero-order valence-corrected chi connectivity index (χ0v) is 13.6. The number of rotatable bonds is 3. The van der Waals surface area contributed by atoms with E-state index in [4.69, 9.17) is 16.3 Å². The van der Waals surface area contributed by atoms with Gasteiger partial charge in [0.2, 0.25) is 0 Å². The number of carbonyl (C=O) groups excluding carboxylic acids is 1. The minimum absolute atomic E-state index is 0.423. The van der Waals surface area contributed by atoms with Gasteiger partial charge in [-0.3, -0.25) is 4.90 Å². The molecule has 5 nitrogen and oxygen atoms in total. The summed E-state index contributed by atoms with van der Waals surface area (Å²) in [5, 5.41) is 9.87. The summed E-state index contributed by atoms with van der Waals surface area (Å²) >= 11 is 6.03. The van der Waals surface area contributed by atoms with Crippen molar-refractivity contribution in [3.05, 3.63) is 34.3 Å². The van der Waals surface area contributed by atoms with Crippen molar-refractivity contribution in [3.63, 3.8) is 0 Å². The summed E-state index contributed by atoms with van der Waals surface area (Å²) in [4.78, 5) is 24.6. The molecule has 0 aliphatic carbocycles. The molecule has 0 fully saturated rings. The summed E-state index contributed by atoms with van der Waals surface area (Å²) in [6, 6.07) is 3.76. The molecule has 0 saturated carbocycles. The highest BCUT2D eigenvalue weighted by atomic mass is 35.5. The number of likely N-dealkylation sites (N-methyl/N-ethyl adjacent to an activating group) is 1. The summed E-state index contributed by atoms with van der Waals surface area (Å²) < 4.78 is 5.20. The second-order valence-corrected chi connectivity index (χ2v) is 6.25. The Morgan fingerprint density at radius 1 is 1.33 bits per heavy atom. The summed E-state index contributed by atoms with van der Waals surface area (Å²) in [5.41, 5.74) is 0.565. The van der Waals surface area contributed by atoms with E-state index in [0.29, 0.717) is 10.6 Å². The maximum atomic E-state index is 12.0. The van der Waals surface area contributed by atoms with Gasteiger partial charge in [-0.2, -0.15) is 0 Å². The molecule has 1 atom stereocenters. The zero-order chi connectivity index (χ0) is 16.4. The maximum Gasteiger partial charge on any atom is 0.411 e. The second-order valence-electron chi connectivity index (χ2n) is 5.84. The summed E-state index contributed by atoms with van der Waals surface area (Å²) in [5.74, 6) is -1.15. The van der Waals surface area contributed by atoms with Gasteiger partial charge in [0.1, 0.15) is 5.60 Å². The number of carboxylic acids is 1. The molecule has 1 rings (SSSR count). The van der Waals surface area contributed by atoms with Crippen LogP contribution in [0.5, 0.6) is 0 Å². The Hall–Kier alpha value is -1.75. The Morgan fingerprint density at radius 2 is 1.90 bits per heavy atom. The average molecular weight is 314 g/mol. The fraction of sp³-hybridized carbons (Fsp3) is 0.467. The van der Waals surface area contributed by atoms with E-state index in [2.05, 4.69) is 0 Å². The minimum atomic E-state index is -1.15.